The molecule has 196 valence electrons. The van der Waals surface area contributed by atoms with Crippen molar-refractivity contribution in [2.75, 3.05) is 5.32 Å². The van der Waals surface area contributed by atoms with Crippen molar-refractivity contribution >= 4 is 17.8 Å². The topological polar surface area (TPSA) is 113 Å². The first-order valence-corrected chi connectivity index (χ1v) is 12.2. The molecule has 1 aliphatic heterocycles. The van der Waals surface area contributed by atoms with Gasteiger partial charge in [0, 0.05) is 36.2 Å². The highest BCUT2D eigenvalue weighted by atomic mass is 19.4. The number of rotatable bonds is 6. The highest BCUT2D eigenvalue weighted by Crippen LogP contribution is 2.77. The van der Waals surface area contributed by atoms with E-state index in [1.807, 2.05) is 0 Å². The summed E-state index contributed by atoms with van der Waals surface area (Å²) in [5, 5.41) is 18.7. The van der Waals surface area contributed by atoms with Gasteiger partial charge in [-0.25, -0.2) is 9.78 Å². The Bertz CT molecular complexity index is 1460. The molecule has 3 aromatic rings. The summed E-state index contributed by atoms with van der Waals surface area (Å²) in [5.74, 6) is 1.46. The number of fused-ring (bicyclic) bond motifs is 2. The fourth-order valence-corrected chi connectivity index (χ4v) is 5.33. The molecular weight excluding hydrogens is 501 g/mol. The predicted octanol–water partition coefficient (Wildman–Crippen LogP) is 4.84. The van der Waals surface area contributed by atoms with E-state index in [-0.39, 0.29) is 35.6 Å². The second-order valence-electron chi connectivity index (χ2n) is 9.80. The first-order valence-electron chi connectivity index (χ1n) is 12.2. The number of urea groups is 1. The predicted molar refractivity (Wildman–Crippen MR) is 130 cm³/mol. The number of phenols is 1. The average Bonchev–Trinajstić information content (AvgIpc) is 3.74. The minimum Gasteiger partial charge on any atom is -0.508 e. The van der Waals surface area contributed by atoms with Crippen LogP contribution < -0.4 is 20.7 Å². The van der Waals surface area contributed by atoms with Crippen molar-refractivity contribution in [1.82, 2.24) is 15.6 Å². The monoisotopic (exact) mass is 524 g/mol. The van der Waals surface area contributed by atoms with Gasteiger partial charge in [-0.1, -0.05) is 18.2 Å². The molecule has 3 aliphatic rings. The number of aromatic nitrogens is 1. The van der Waals surface area contributed by atoms with Crippen LogP contribution in [0.5, 0.6) is 17.2 Å². The number of carbonyl (C=O) groups is 2. The van der Waals surface area contributed by atoms with Gasteiger partial charge in [0.15, 0.2) is 0 Å². The highest BCUT2D eigenvalue weighted by Gasteiger charge is 2.80. The molecular formula is C27H23F3N4O4. The number of phenolic OH excluding ortho intramolecular Hbond substituents is 1. The first kappa shape index (κ1) is 24.1. The summed E-state index contributed by atoms with van der Waals surface area (Å²) in [7, 11) is 0. The Kier molecular flexibility index (Phi) is 5.48. The number of benzene rings is 2. The number of halogens is 3. The van der Waals surface area contributed by atoms with Crippen LogP contribution in [0, 0.1) is 5.92 Å². The van der Waals surface area contributed by atoms with Crippen LogP contribution in [0.25, 0.3) is 0 Å². The number of anilines is 1. The van der Waals surface area contributed by atoms with Crippen molar-refractivity contribution in [2.24, 2.45) is 5.92 Å². The third-order valence-electron chi connectivity index (χ3n) is 7.45. The molecule has 3 amide bonds. The molecule has 4 N–H and O–H groups in total. The van der Waals surface area contributed by atoms with E-state index >= 15 is 0 Å². The van der Waals surface area contributed by atoms with E-state index < -0.39 is 23.3 Å². The fourth-order valence-electron chi connectivity index (χ4n) is 5.33. The first-order chi connectivity index (χ1) is 18.2. The van der Waals surface area contributed by atoms with Crippen LogP contribution in [0.1, 0.15) is 41.0 Å². The molecule has 0 saturated heterocycles. The summed E-state index contributed by atoms with van der Waals surface area (Å²) >= 11 is 0. The Morgan fingerprint density at radius 2 is 2.00 bits per heavy atom. The van der Waals surface area contributed by atoms with E-state index in [2.05, 4.69) is 20.9 Å². The number of hydrogen-bond donors (Lipinski definition) is 4. The van der Waals surface area contributed by atoms with E-state index in [9.17, 15) is 27.9 Å². The number of ether oxygens (including phenoxy) is 1. The highest BCUT2D eigenvalue weighted by molar-refractivity contribution is 5.93. The second-order valence-corrected chi connectivity index (χ2v) is 9.80. The van der Waals surface area contributed by atoms with E-state index in [1.165, 1.54) is 24.3 Å². The number of carbonyl (C=O) groups excluding carboxylic acids is 2. The Morgan fingerprint density at radius 1 is 1.18 bits per heavy atom. The Balaban J connectivity index is 1.13. The van der Waals surface area contributed by atoms with Gasteiger partial charge < -0.3 is 25.8 Å². The molecule has 2 saturated carbocycles. The fraction of sp³-hybridized carbons (Fsp3) is 0.296. The lowest BCUT2D eigenvalue weighted by atomic mass is 9.99. The average molecular weight is 524 g/mol. The normalized spacial score (nSPS) is 23.0. The quantitative estimate of drug-likeness (QED) is 0.369. The molecule has 2 aromatic carbocycles. The number of nitrogens with zero attached hydrogens (tertiary/aromatic N) is 1. The molecule has 6 rings (SSSR count). The van der Waals surface area contributed by atoms with Gasteiger partial charge in [-0.05, 0) is 54.7 Å². The molecule has 2 fully saturated rings. The van der Waals surface area contributed by atoms with Crippen molar-refractivity contribution in [3.8, 4) is 17.2 Å². The molecule has 3 atom stereocenters. The van der Waals surface area contributed by atoms with E-state index in [1.54, 1.807) is 24.4 Å². The van der Waals surface area contributed by atoms with Crippen LogP contribution in [0.2, 0.25) is 0 Å². The van der Waals surface area contributed by atoms with Gasteiger partial charge in [-0.2, -0.15) is 13.2 Å². The SMILES string of the molecule is O=C1CCc2c(Oc3ccc(O)c(C4C5CC54NC(=O)NCc4ccccc4C(F)(F)F)c3)ccnc2N1. The Labute approximate surface area is 215 Å². The zero-order valence-electron chi connectivity index (χ0n) is 19.9. The van der Waals surface area contributed by atoms with Crippen molar-refractivity contribution in [3.05, 3.63) is 77.0 Å². The van der Waals surface area contributed by atoms with Gasteiger partial charge in [-0.15, -0.1) is 0 Å². The number of alkyl halides is 3. The van der Waals surface area contributed by atoms with Gasteiger partial charge in [0.05, 0.1) is 11.1 Å². The van der Waals surface area contributed by atoms with Crippen LogP contribution in [0.4, 0.5) is 23.8 Å². The van der Waals surface area contributed by atoms with Crippen LogP contribution in [-0.4, -0.2) is 27.6 Å². The Morgan fingerprint density at radius 3 is 2.79 bits per heavy atom. The largest absolute Gasteiger partial charge is 0.508 e. The molecule has 1 aromatic heterocycles. The maximum absolute atomic E-state index is 13.2. The van der Waals surface area contributed by atoms with E-state index in [0.29, 0.717) is 42.1 Å². The molecule has 3 unspecified atom stereocenters. The van der Waals surface area contributed by atoms with Crippen molar-refractivity contribution in [3.63, 3.8) is 0 Å². The summed E-state index contributed by atoms with van der Waals surface area (Å²) in [6.45, 7) is -0.266. The third-order valence-corrected chi connectivity index (χ3v) is 7.45. The number of aromatic hydroxyl groups is 1. The number of pyridine rings is 1. The maximum Gasteiger partial charge on any atom is 0.416 e. The van der Waals surface area contributed by atoms with Crippen LogP contribution >= 0.6 is 0 Å². The smallest absolute Gasteiger partial charge is 0.416 e. The van der Waals surface area contributed by atoms with E-state index in [4.69, 9.17) is 4.74 Å². The Hall–Kier alpha value is -4.28. The van der Waals surface area contributed by atoms with Gasteiger partial charge >= 0.3 is 12.2 Å². The molecule has 0 spiro atoms. The zero-order chi connectivity index (χ0) is 26.7. The summed E-state index contributed by atoms with van der Waals surface area (Å²) in [6, 6.07) is 11.1. The molecule has 2 aliphatic carbocycles. The molecule has 8 nitrogen and oxygen atoms in total. The summed E-state index contributed by atoms with van der Waals surface area (Å²) < 4.78 is 45.8. The minimum atomic E-state index is -4.51. The summed E-state index contributed by atoms with van der Waals surface area (Å²) in [4.78, 5) is 28.4. The molecule has 0 radical (unpaired) electrons. The third kappa shape index (κ3) is 4.27. The molecule has 2 heterocycles. The van der Waals surface area contributed by atoms with Gasteiger partial charge in [-0.3, -0.25) is 4.79 Å². The number of amides is 3. The second kappa shape index (κ2) is 8.64. The van der Waals surface area contributed by atoms with Crippen molar-refractivity contribution < 1.29 is 32.6 Å². The maximum atomic E-state index is 13.2. The summed E-state index contributed by atoms with van der Waals surface area (Å²) in [6.07, 6.45) is -1.42. The van der Waals surface area contributed by atoms with Crippen LogP contribution in [0.15, 0.2) is 54.7 Å². The van der Waals surface area contributed by atoms with Crippen LogP contribution in [0.3, 0.4) is 0 Å². The molecule has 0 bridgehead atoms. The standard InChI is InChI=1S/C27H23F3N4O4/c28-27(29,30)18-4-2-1-3-14(18)13-32-25(37)34-26-12-19(26)23(26)17-11-15(5-7-20(17)35)38-21-9-10-31-24-16(21)6-8-22(36)33-24/h1-5,7,9-11,19,23,35H,6,8,12-13H2,(H,31,33,36)(H2,32,34,37). The van der Waals surface area contributed by atoms with Crippen molar-refractivity contribution in [2.45, 2.75) is 43.4 Å². The van der Waals surface area contributed by atoms with E-state index in [0.717, 1.165) is 11.6 Å². The van der Waals surface area contributed by atoms with Gasteiger partial charge in [0.25, 0.3) is 0 Å². The lowest BCUT2D eigenvalue weighted by Gasteiger charge is -2.20. The lowest BCUT2D eigenvalue weighted by molar-refractivity contribution is -0.138. The summed E-state index contributed by atoms with van der Waals surface area (Å²) in [5.41, 5.74) is 0.0686. The van der Waals surface area contributed by atoms with Crippen LogP contribution in [-0.2, 0) is 23.9 Å². The van der Waals surface area contributed by atoms with Crippen molar-refractivity contribution in [1.29, 1.82) is 0 Å². The molecule has 38 heavy (non-hydrogen) atoms. The van der Waals surface area contributed by atoms with Gasteiger partial charge in [0.1, 0.15) is 23.1 Å². The van der Waals surface area contributed by atoms with Gasteiger partial charge in [0.2, 0.25) is 5.91 Å². The number of nitrogens with one attached hydrogen (secondary N) is 3. The molecule has 11 heteroatoms. The zero-order valence-corrected chi connectivity index (χ0v) is 19.9. The number of hydrogen-bond acceptors (Lipinski definition) is 5. The lowest BCUT2D eigenvalue weighted by Crippen LogP contribution is -2.41. The minimum absolute atomic E-state index is 0.0206.